The normalized spacial score (nSPS) is 11.9. The minimum absolute atomic E-state index is 0.0815. The van der Waals surface area contributed by atoms with Crippen LogP contribution >= 0.6 is 0 Å². The van der Waals surface area contributed by atoms with Crippen LogP contribution in [0, 0.1) is 25.5 Å². The summed E-state index contributed by atoms with van der Waals surface area (Å²) in [6.07, 6.45) is -0.813. The van der Waals surface area contributed by atoms with Gasteiger partial charge < -0.3 is 10.1 Å². The molecule has 1 amide bonds. The van der Waals surface area contributed by atoms with E-state index in [0.29, 0.717) is 11.8 Å². The molecule has 2 aromatic carbocycles. The number of carbonyl (C=O) groups is 1. The molecule has 3 nitrogen and oxygen atoms in total. The van der Waals surface area contributed by atoms with Crippen molar-refractivity contribution in [1.82, 2.24) is 0 Å². The van der Waals surface area contributed by atoms with Crippen molar-refractivity contribution in [3.05, 3.63) is 59.2 Å². The maximum atomic E-state index is 13.5. The second kappa shape index (κ2) is 6.56. The molecule has 0 aromatic heterocycles. The quantitative estimate of drug-likeness (QED) is 0.927. The second-order valence-electron chi connectivity index (χ2n) is 5.12. The SMILES string of the molecule is Cc1ccc(O[C@@H](C)C(=O)Nc2ccc(F)cc2F)cc1C. The van der Waals surface area contributed by atoms with E-state index in [9.17, 15) is 13.6 Å². The third kappa shape index (κ3) is 3.81. The lowest BCUT2D eigenvalue weighted by Gasteiger charge is -2.16. The van der Waals surface area contributed by atoms with Crippen LogP contribution in [0.15, 0.2) is 36.4 Å². The van der Waals surface area contributed by atoms with Gasteiger partial charge in [-0.05, 0) is 56.2 Å². The van der Waals surface area contributed by atoms with Gasteiger partial charge in [0.15, 0.2) is 6.10 Å². The number of amides is 1. The highest BCUT2D eigenvalue weighted by atomic mass is 19.1. The first-order valence-corrected chi connectivity index (χ1v) is 6.86. The van der Waals surface area contributed by atoms with Gasteiger partial charge in [-0.25, -0.2) is 8.78 Å². The van der Waals surface area contributed by atoms with Crippen LogP contribution in [-0.4, -0.2) is 12.0 Å². The zero-order chi connectivity index (χ0) is 16.3. The first-order chi connectivity index (χ1) is 10.4. The Labute approximate surface area is 127 Å². The van der Waals surface area contributed by atoms with E-state index in [1.165, 1.54) is 6.07 Å². The summed E-state index contributed by atoms with van der Waals surface area (Å²) in [5.41, 5.74) is 2.09. The molecule has 0 aliphatic heterocycles. The molecule has 1 N–H and O–H groups in total. The van der Waals surface area contributed by atoms with E-state index < -0.39 is 23.6 Å². The van der Waals surface area contributed by atoms with Gasteiger partial charge in [-0.1, -0.05) is 6.07 Å². The number of halogens is 2. The topological polar surface area (TPSA) is 38.3 Å². The molecule has 0 bridgehead atoms. The van der Waals surface area contributed by atoms with E-state index in [0.717, 1.165) is 17.2 Å². The average molecular weight is 305 g/mol. The van der Waals surface area contributed by atoms with Gasteiger partial charge in [0.1, 0.15) is 17.4 Å². The number of rotatable bonds is 4. The average Bonchev–Trinajstić information content (AvgIpc) is 2.45. The van der Waals surface area contributed by atoms with E-state index in [2.05, 4.69) is 5.32 Å². The zero-order valence-electron chi connectivity index (χ0n) is 12.6. The third-order valence-corrected chi connectivity index (χ3v) is 3.35. The van der Waals surface area contributed by atoms with Crippen LogP contribution in [0.5, 0.6) is 5.75 Å². The fourth-order valence-electron chi connectivity index (χ4n) is 1.87. The highest BCUT2D eigenvalue weighted by molar-refractivity contribution is 5.94. The monoisotopic (exact) mass is 305 g/mol. The Morgan fingerprint density at radius 1 is 1.09 bits per heavy atom. The predicted octanol–water partition coefficient (Wildman–Crippen LogP) is 3.99. The van der Waals surface area contributed by atoms with Gasteiger partial charge >= 0.3 is 0 Å². The fourth-order valence-corrected chi connectivity index (χ4v) is 1.87. The highest BCUT2D eigenvalue weighted by Gasteiger charge is 2.17. The number of carbonyl (C=O) groups excluding carboxylic acids is 1. The van der Waals surface area contributed by atoms with Crippen LogP contribution < -0.4 is 10.1 Å². The lowest BCUT2D eigenvalue weighted by Crippen LogP contribution is -2.30. The maximum absolute atomic E-state index is 13.5. The van der Waals surface area contributed by atoms with Gasteiger partial charge in [0.2, 0.25) is 0 Å². The Bertz CT molecular complexity index is 701. The fraction of sp³-hybridized carbons (Fsp3) is 0.235. The van der Waals surface area contributed by atoms with Crippen molar-refractivity contribution in [1.29, 1.82) is 0 Å². The Hall–Kier alpha value is -2.43. The molecule has 5 heteroatoms. The summed E-state index contributed by atoms with van der Waals surface area (Å²) < 4.78 is 31.9. The van der Waals surface area contributed by atoms with E-state index >= 15 is 0 Å². The van der Waals surface area contributed by atoms with Crippen LogP contribution in [-0.2, 0) is 4.79 Å². The standard InChI is InChI=1S/C17H17F2NO2/c1-10-4-6-14(8-11(10)2)22-12(3)17(21)20-16-7-5-13(18)9-15(16)19/h4-9,12H,1-3H3,(H,20,21)/t12-/m0/s1. The summed E-state index contributed by atoms with van der Waals surface area (Å²) in [6, 6.07) is 8.46. The van der Waals surface area contributed by atoms with Crippen molar-refractivity contribution >= 4 is 11.6 Å². The Morgan fingerprint density at radius 2 is 1.82 bits per heavy atom. The first-order valence-electron chi connectivity index (χ1n) is 6.86. The molecule has 1 atom stereocenters. The van der Waals surface area contributed by atoms with E-state index in [1.54, 1.807) is 13.0 Å². The zero-order valence-corrected chi connectivity index (χ0v) is 12.6. The van der Waals surface area contributed by atoms with Gasteiger partial charge in [-0.15, -0.1) is 0 Å². The molecule has 0 spiro atoms. The smallest absolute Gasteiger partial charge is 0.265 e. The number of anilines is 1. The van der Waals surface area contributed by atoms with Crippen LogP contribution in [0.3, 0.4) is 0 Å². The molecule has 2 aromatic rings. The number of aryl methyl sites for hydroxylation is 2. The molecular formula is C17H17F2NO2. The molecule has 0 radical (unpaired) electrons. The predicted molar refractivity (Wildman–Crippen MR) is 81.0 cm³/mol. The van der Waals surface area contributed by atoms with Crippen LogP contribution in [0.2, 0.25) is 0 Å². The number of hydrogen-bond donors (Lipinski definition) is 1. The van der Waals surface area contributed by atoms with Gasteiger partial charge in [-0.3, -0.25) is 4.79 Å². The third-order valence-electron chi connectivity index (χ3n) is 3.35. The molecule has 0 aliphatic carbocycles. The Kier molecular flexibility index (Phi) is 4.75. The van der Waals surface area contributed by atoms with Gasteiger partial charge in [0.25, 0.3) is 5.91 Å². The Balaban J connectivity index is 2.04. The summed E-state index contributed by atoms with van der Waals surface area (Å²) >= 11 is 0. The van der Waals surface area contributed by atoms with Crippen molar-refractivity contribution in [2.24, 2.45) is 0 Å². The lowest BCUT2D eigenvalue weighted by molar-refractivity contribution is -0.122. The number of nitrogens with one attached hydrogen (secondary N) is 1. The molecule has 116 valence electrons. The van der Waals surface area contributed by atoms with Crippen molar-refractivity contribution in [3.63, 3.8) is 0 Å². The molecule has 0 aliphatic rings. The second-order valence-corrected chi connectivity index (χ2v) is 5.12. The number of benzene rings is 2. The van der Waals surface area contributed by atoms with E-state index in [1.807, 2.05) is 26.0 Å². The van der Waals surface area contributed by atoms with Gasteiger partial charge in [0.05, 0.1) is 5.69 Å². The molecule has 0 fully saturated rings. The number of hydrogen-bond acceptors (Lipinski definition) is 2. The molecule has 22 heavy (non-hydrogen) atoms. The summed E-state index contributed by atoms with van der Waals surface area (Å²) in [7, 11) is 0. The van der Waals surface area contributed by atoms with Crippen molar-refractivity contribution in [3.8, 4) is 5.75 Å². The molecule has 0 saturated heterocycles. The first kappa shape index (κ1) is 15.9. The minimum Gasteiger partial charge on any atom is -0.481 e. The molecule has 0 saturated carbocycles. The van der Waals surface area contributed by atoms with E-state index in [4.69, 9.17) is 4.74 Å². The summed E-state index contributed by atoms with van der Waals surface area (Å²) in [4.78, 5) is 12.0. The molecule has 0 heterocycles. The summed E-state index contributed by atoms with van der Waals surface area (Å²) in [6.45, 7) is 5.49. The van der Waals surface area contributed by atoms with Crippen molar-refractivity contribution in [2.45, 2.75) is 26.9 Å². The minimum atomic E-state index is -0.827. The number of ether oxygens (including phenoxy) is 1. The Morgan fingerprint density at radius 3 is 2.45 bits per heavy atom. The van der Waals surface area contributed by atoms with Crippen molar-refractivity contribution in [2.75, 3.05) is 5.32 Å². The summed E-state index contributed by atoms with van der Waals surface area (Å²) in [5.74, 6) is -1.48. The summed E-state index contributed by atoms with van der Waals surface area (Å²) in [5, 5.41) is 2.38. The highest BCUT2D eigenvalue weighted by Crippen LogP contribution is 2.19. The molecular weight excluding hydrogens is 288 g/mol. The maximum Gasteiger partial charge on any atom is 0.265 e. The van der Waals surface area contributed by atoms with Gasteiger partial charge in [-0.2, -0.15) is 0 Å². The van der Waals surface area contributed by atoms with Crippen LogP contribution in [0.25, 0.3) is 0 Å². The van der Waals surface area contributed by atoms with E-state index in [-0.39, 0.29) is 5.69 Å². The van der Waals surface area contributed by atoms with Crippen molar-refractivity contribution < 1.29 is 18.3 Å². The molecule has 2 rings (SSSR count). The molecule has 0 unspecified atom stereocenters. The largest absolute Gasteiger partial charge is 0.481 e. The van der Waals surface area contributed by atoms with Crippen LogP contribution in [0.1, 0.15) is 18.1 Å². The van der Waals surface area contributed by atoms with Crippen LogP contribution in [0.4, 0.5) is 14.5 Å². The van der Waals surface area contributed by atoms with Gasteiger partial charge in [0, 0.05) is 6.07 Å². The lowest BCUT2D eigenvalue weighted by atomic mass is 10.1.